The van der Waals surface area contributed by atoms with Crippen LogP contribution < -0.4 is 5.73 Å². The van der Waals surface area contributed by atoms with Gasteiger partial charge in [0, 0.05) is 12.3 Å². The first-order valence-electron chi connectivity index (χ1n) is 3.35. The second-order valence-electron chi connectivity index (χ2n) is 2.39. The molecule has 0 aliphatic carbocycles. The van der Waals surface area contributed by atoms with Crippen molar-refractivity contribution in [3.8, 4) is 12.3 Å². The lowest BCUT2D eigenvalue weighted by molar-refractivity contribution is 0.730. The summed E-state index contributed by atoms with van der Waals surface area (Å²) in [6.07, 6.45) is 5.78. The SMILES string of the molecule is C#CC[C@H](C)c1nc(N)n[nH]1. The van der Waals surface area contributed by atoms with E-state index in [0.29, 0.717) is 6.42 Å². The highest BCUT2D eigenvalue weighted by Crippen LogP contribution is 2.13. The first-order valence-corrected chi connectivity index (χ1v) is 3.35. The summed E-state index contributed by atoms with van der Waals surface area (Å²) in [5, 5.41) is 6.40. The van der Waals surface area contributed by atoms with Gasteiger partial charge in [-0.25, -0.2) is 0 Å². The molecule has 4 nitrogen and oxygen atoms in total. The molecule has 0 fully saturated rings. The molecule has 3 N–H and O–H groups in total. The molecule has 1 rings (SSSR count). The van der Waals surface area contributed by atoms with Gasteiger partial charge < -0.3 is 5.73 Å². The highest BCUT2D eigenvalue weighted by Gasteiger charge is 2.07. The normalized spacial score (nSPS) is 12.4. The van der Waals surface area contributed by atoms with Crippen LogP contribution in [-0.4, -0.2) is 15.2 Å². The molecule has 0 aliphatic rings. The number of nitrogens with zero attached hydrogens (tertiary/aromatic N) is 2. The molecule has 0 saturated heterocycles. The molecular weight excluding hydrogens is 140 g/mol. The second kappa shape index (κ2) is 3.06. The third-order valence-electron chi connectivity index (χ3n) is 1.41. The minimum Gasteiger partial charge on any atom is -0.367 e. The van der Waals surface area contributed by atoms with Gasteiger partial charge >= 0.3 is 0 Å². The van der Waals surface area contributed by atoms with Crippen molar-refractivity contribution < 1.29 is 0 Å². The molecule has 1 aromatic heterocycles. The molecular formula is C7H10N4. The summed E-state index contributed by atoms with van der Waals surface area (Å²) < 4.78 is 0. The number of H-pyrrole nitrogens is 1. The van der Waals surface area contributed by atoms with Crippen LogP contribution in [0.15, 0.2) is 0 Å². The van der Waals surface area contributed by atoms with E-state index in [1.807, 2.05) is 6.92 Å². The van der Waals surface area contributed by atoms with E-state index in [-0.39, 0.29) is 11.9 Å². The van der Waals surface area contributed by atoms with Gasteiger partial charge in [0.05, 0.1) is 0 Å². The number of nitrogens with one attached hydrogen (secondary N) is 1. The van der Waals surface area contributed by atoms with Crippen molar-refractivity contribution in [2.24, 2.45) is 0 Å². The third-order valence-corrected chi connectivity index (χ3v) is 1.41. The van der Waals surface area contributed by atoms with E-state index in [2.05, 4.69) is 21.1 Å². The lowest BCUT2D eigenvalue weighted by Gasteiger charge is -1.99. The van der Waals surface area contributed by atoms with Crippen molar-refractivity contribution in [3.05, 3.63) is 5.82 Å². The molecule has 4 heteroatoms. The summed E-state index contributed by atoms with van der Waals surface area (Å²) in [4.78, 5) is 3.94. The molecule has 0 bridgehead atoms. The predicted octanol–water partition coefficient (Wildman–Crippen LogP) is 0.514. The van der Waals surface area contributed by atoms with Gasteiger partial charge in [-0.3, -0.25) is 5.10 Å². The van der Waals surface area contributed by atoms with E-state index in [1.54, 1.807) is 0 Å². The van der Waals surface area contributed by atoms with Crippen LogP contribution in [0.25, 0.3) is 0 Å². The molecule has 11 heavy (non-hydrogen) atoms. The lowest BCUT2D eigenvalue weighted by Crippen LogP contribution is -1.95. The Morgan fingerprint density at radius 1 is 1.82 bits per heavy atom. The number of nitrogen functional groups attached to an aromatic ring is 1. The zero-order valence-electron chi connectivity index (χ0n) is 6.33. The molecule has 58 valence electrons. The Kier molecular flexibility index (Phi) is 2.12. The summed E-state index contributed by atoms with van der Waals surface area (Å²) in [5.41, 5.74) is 5.31. The van der Waals surface area contributed by atoms with Crippen molar-refractivity contribution in [1.82, 2.24) is 15.2 Å². The Labute approximate surface area is 65.2 Å². The molecule has 0 saturated carbocycles. The van der Waals surface area contributed by atoms with Crippen molar-refractivity contribution in [3.63, 3.8) is 0 Å². The molecule has 0 radical (unpaired) electrons. The van der Waals surface area contributed by atoms with E-state index in [4.69, 9.17) is 12.2 Å². The standard InChI is InChI=1S/C7H10N4/c1-3-4-5(2)6-9-7(8)11-10-6/h1,5H,4H2,2H3,(H3,8,9,10,11)/t5-/m0/s1. The summed E-state index contributed by atoms with van der Waals surface area (Å²) in [6.45, 7) is 1.97. The van der Waals surface area contributed by atoms with E-state index in [1.165, 1.54) is 0 Å². The Bertz CT molecular complexity index is 270. The highest BCUT2D eigenvalue weighted by molar-refractivity contribution is 5.15. The number of hydrogen-bond acceptors (Lipinski definition) is 3. The van der Waals surface area contributed by atoms with Crippen LogP contribution in [0.2, 0.25) is 0 Å². The van der Waals surface area contributed by atoms with Gasteiger partial charge in [-0.05, 0) is 0 Å². The number of nitrogens with two attached hydrogens (primary N) is 1. The molecule has 0 aromatic carbocycles. The van der Waals surface area contributed by atoms with Crippen LogP contribution in [-0.2, 0) is 0 Å². The number of aromatic nitrogens is 3. The van der Waals surface area contributed by atoms with Crippen LogP contribution in [0.1, 0.15) is 25.1 Å². The van der Waals surface area contributed by atoms with Crippen LogP contribution in [0.5, 0.6) is 0 Å². The average molecular weight is 150 g/mol. The number of hydrogen-bond donors (Lipinski definition) is 2. The number of anilines is 1. The van der Waals surface area contributed by atoms with E-state index >= 15 is 0 Å². The quantitative estimate of drug-likeness (QED) is 0.604. The highest BCUT2D eigenvalue weighted by atomic mass is 15.3. The minimum absolute atomic E-state index is 0.199. The maximum absolute atomic E-state index is 5.31. The van der Waals surface area contributed by atoms with Gasteiger partial charge in [-0.1, -0.05) is 6.92 Å². The zero-order chi connectivity index (χ0) is 8.27. The van der Waals surface area contributed by atoms with E-state index in [9.17, 15) is 0 Å². The van der Waals surface area contributed by atoms with Gasteiger partial charge in [0.1, 0.15) is 5.82 Å². The molecule has 1 heterocycles. The summed E-state index contributed by atoms with van der Waals surface area (Å²) in [6, 6.07) is 0. The Morgan fingerprint density at radius 3 is 3.00 bits per heavy atom. The monoisotopic (exact) mass is 150 g/mol. The molecule has 0 amide bonds. The van der Waals surface area contributed by atoms with Crippen molar-refractivity contribution in [2.45, 2.75) is 19.3 Å². The topological polar surface area (TPSA) is 67.6 Å². The largest absolute Gasteiger partial charge is 0.367 e. The summed E-state index contributed by atoms with van der Waals surface area (Å²) in [5.74, 6) is 3.76. The van der Waals surface area contributed by atoms with E-state index < -0.39 is 0 Å². The average Bonchev–Trinajstić information content (AvgIpc) is 2.36. The molecule has 0 aliphatic heterocycles. The molecule has 1 atom stereocenters. The van der Waals surface area contributed by atoms with Crippen LogP contribution in [0.3, 0.4) is 0 Å². The first kappa shape index (κ1) is 7.61. The molecule has 1 aromatic rings. The fraction of sp³-hybridized carbons (Fsp3) is 0.429. The zero-order valence-corrected chi connectivity index (χ0v) is 6.33. The molecule has 0 spiro atoms. The number of terminal acetylenes is 1. The Balaban J connectivity index is 2.70. The maximum Gasteiger partial charge on any atom is 0.239 e. The van der Waals surface area contributed by atoms with Gasteiger partial charge in [0.25, 0.3) is 0 Å². The summed E-state index contributed by atoms with van der Waals surface area (Å²) >= 11 is 0. The van der Waals surface area contributed by atoms with Crippen molar-refractivity contribution in [2.75, 3.05) is 5.73 Å². The van der Waals surface area contributed by atoms with Crippen LogP contribution in [0, 0.1) is 12.3 Å². The summed E-state index contributed by atoms with van der Waals surface area (Å²) in [7, 11) is 0. The molecule has 0 unspecified atom stereocenters. The number of rotatable bonds is 2. The fourth-order valence-corrected chi connectivity index (χ4v) is 0.782. The number of aromatic amines is 1. The fourth-order valence-electron chi connectivity index (χ4n) is 0.782. The second-order valence-corrected chi connectivity index (χ2v) is 2.39. The smallest absolute Gasteiger partial charge is 0.239 e. The van der Waals surface area contributed by atoms with Crippen LogP contribution in [0.4, 0.5) is 5.95 Å². The van der Waals surface area contributed by atoms with Crippen LogP contribution >= 0.6 is 0 Å². The Hall–Kier alpha value is -1.50. The predicted molar refractivity (Wildman–Crippen MR) is 42.7 cm³/mol. The first-order chi connectivity index (χ1) is 5.24. The third kappa shape index (κ3) is 1.71. The minimum atomic E-state index is 0.199. The van der Waals surface area contributed by atoms with Gasteiger partial charge in [0.15, 0.2) is 0 Å². The van der Waals surface area contributed by atoms with Gasteiger partial charge in [-0.2, -0.15) is 4.98 Å². The van der Waals surface area contributed by atoms with Gasteiger partial charge in [0.2, 0.25) is 5.95 Å². The van der Waals surface area contributed by atoms with Crippen molar-refractivity contribution >= 4 is 5.95 Å². The van der Waals surface area contributed by atoms with Gasteiger partial charge in [-0.15, -0.1) is 17.4 Å². The lowest BCUT2D eigenvalue weighted by atomic mass is 10.1. The van der Waals surface area contributed by atoms with E-state index in [0.717, 1.165) is 5.82 Å². The maximum atomic E-state index is 5.31. The van der Waals surface area contributed by atoms with Crippen molar-refractivity contribution in [1.29, 1.82) is 0 Å². The Morgan fingerprint density at radius 2 is 2.55 bits per heavy atom.